The molecule has 1 amide bonds. The van der Waals surface area contributed by atoms with Crippen LogP contribution in [0.1, 0.15) is 55.6 Å². The highest BCUT2D eigenvalue weighted by molar-refractivity contribution is 5.77. The molecule has 1 N–H and O–H groups in total. The normalized spacial score (nSPS) is 23.4. The molecule has 2 fully saturated rings. The van der Waals surface area contributed by atoms with E-state index in [1.54, 1.807) is 0 Å². The zero-order valence-electron chi connectivity index (χ0n) is 17.1. The molecular formula is C23H30N4O2. The molecule has 1 unspecified atom stereocenters. The van der Waals surface area contributed by atoms with Crippen molar-refractivity contribution >= 4 is 5.91 Å². The number of carbonyl (C=O) groups is 1. The van der Waals surface area contributed by atoms with Crippen molar-refractivity contribution < 1.29 is 9.53 Å². The molecule has 1 atom stereocenters. The Morgan fingerprint density at radius 1 is 1.28 bits per heavy atom. The van der Waals surface area contributed by atoms with Gasteiger partial charge in [0.25, 0.3) is 0 Å². The molecule has 1 saturated carbocycles. The van der Waals surface area contributed by atoms with Crippen LogP contribution in [0, 0.1) is 0 Å². The Balaban J connectivity index is 1.27. The number of fused-ring (bicyclic) bond motifs is 1. The third-order valence-electron chi connectivity index (χ3n) is 6.61. The van der Waals surface area contributed by atoms with E-state index in [2.05, 4.69) is 39.7 Å². The van der Waals surface area contributed by atoms with E-state index in [0.717, 1.165) is 57.5 Å². The minimum atomic E-state index is -0.148. The summed E-state index contributed by atoms with van der Waals surface area (Å²) < 4.78 is 8.45. The van der Waals surface area contributed by atoms with E-state index in [0.29, 0.717) is 12.5 Å². The lowest BCUT2D eigenvalue weighted by Gasteiger charge is -2.47. The molecule has 1 saturated heterocycles. The maximum absolute atomic E-state index is 12.5. The first-order chi connectivity index (χ1) is 14.1. The van der Waals surface area contributed by atoms with Gasteiger partial charge in [-0.1, -0.05) is 18.2 Å². The van der Waals surface area contributed by atoms with Crippen LogP contribution in [0.3, 0.4) is 0 Å². The summed E-state index contributed by atoms with van der Waals surface area (Å²) >= 11 is 0. The van der Waals surface area contributed by atoms with Crippen LogP contribution in [-0.4, -0.2) is 45.3 Å². The first kappa shape index (κ1) is 18.7. The van der Waals surface area contributed by atoms with E-state index in [1.807, 2.05) is 24.0 Å². The second-order valence-electron chi connectivity index (χ2n) is 9.07. The Labute approximate surface area is 172 Å². The second-order valence-corrected chi connectivity index (χ2v) is 9.07. The Kier molecular flexibility index (Phi) is 4.82. The number of likely N-dealkylation sites (tertiary alicyclic amines) is 1. The molecule has 1 aromatic heterocycles. The molecule has 6 nitrogen and oxygen atoms in total. The fraction of sp³-hybridized carbons (Fsp3) is 0.565. The summed E-state index contributed by atoms with van der Waals surface area (Å²) in [5, 5.41) is 7.44. The van der Waals surface area contributed by atoms with Gasteiger partial charge in [0.1, 0.15) is 11.4 Å². The molecule has 1 aromatic carbocycles. The molecule has 154 valence electrons. The first-order valence-electron chi connectivity index (χ1n) is 10.9. The minimum Gasteiger partial charge on any atom is -0.487 e. The van der Waals surface area contributed by atoms with Gasteiger partial charge in [0.05, 0.1) is 6.20 Å². The van der Waals surface area contributed by atoms with Crippen LogP contribution in [0.5, 0.6) is 5.75 Å². The molecule has 3 heterocycles. The number of ether oxygens (including phenoxy) is 1. The number of piperidine rings is 1. The number of nitrogens with zero attached hydrogens (tertiary/aromatic N) is 3. The van der Waals surface area contributed by atoms with Gasteiger partial charge in [-0.3, -0.25) is 14.4 Å². The van der Waals surface area contributed by atoms with Gasteiger partial charge in [0.15, 0.2) is 0 Å². The molecule has 2 aromatic rings. The zero-order valence-corrected chi connectivity index (χ0v) is 17.1. The summed E-state index contributed by atoms with van der Waals surface area (Å²) in [6, 6.07) is 8.72. The van der Waals surface area contributed by atoms with Crippen molar-refractivity contribution in [2.75, 3.05) is 13.1 Å². The van der Waals surface area contributed by atoms with Gasteiger partial charge in [-0.2, -0.15) is 5.10 Å². The van der Waals surface area contributed by atoms with E-state index < -0.39 is 0 Å². The average molecular weight is 395 g/mol. The fourth-order valence-electron chi connectivity index (χ4n) is 4.90. The molecule has 0 bridgehead atoms. The molecule has 2 aliphatic heterocycles. The predicted octanol–water partition coefficient (Wildman–Crippen LogP) is 2.99. The lowest BCUT2D eigenvalue weighted by molar-refractivity contribution is -0.122. The van der Waals surface area contributed by atoms with Crippen molar-refractivity contribution in [3.63, 3.8) is 0 Å². The summed E-state index contributed by atoms with van der Waals surface area (Å²) in [7, 11) is 1.96. The summed E-state index contributed by atoms with van der Waals surface area (Å²) in [6.07, 6.45) is 9.81. The van der Waals surface area contributed by atoms with Crippen LogP contribution in [0.25, 0.3) is 0 Å². The van der Waals surface area contributed by atoms with Crippen LogP contribution in [0.4, 0.5) is 0 Å². The molecule has 29 heavy (non-hydrogen) atoms. The van der Waals surface area contributed by atoms with Gasteiger partial charge < -0.3 is 10.1 Å². The second kappa shape index (κ2) is 7.48. The van der Waals surface area contributed by atoms with Gasteiger partial charge in [-0.05, 0) is 43.7 Å². The Morgan fingerprint density at radius 2 is 2.07 bits per heavy atom. The van der Waals surface area contributed by atoms with Crippen molar-refractivity contribution in [3.8, 4) is 5.75 Å². The van der Waals surface area contributed by atoms with Gasteiger partial charge in [0, 0.05) is 56.8 Å². The van der Waals surface area contributed by atoms with E-state index >= 15 is 0 Å². The van der Waals surface area contributed by atoms with E-state index in [4.69, 9.17) is 4.74 Å². The van der Waals surface area contributed by atoms with E-state index in [1.165, 1.54) is 11.1 Å². The van der Waals surface area contributed by atoms with E-state index in [-0.39, 0.29) is 17.4 Å². The summed E-state index contributed by atoms with van der Waals surface area (Å²) in [5.41, 5.74) is 2.31. The van der Waals surface area contributed by atoms with Crippen LogP contribution in [0.2, 0.25) is 0 Å². The van der Waals surface area contributed by atoms with Crippen LogP contribution >= 0.6 is 0 Å². The summed E-state index contributed by atoms with van der Waals surface area (Å²) in [4.78, 5) is 15.0. The molecular weight excluding hydrogens is 364 g/mol. The van der Waals surface area contributed by atoms with Crippen molar-refractivity contribution in [2.45, 2.75) is 62.6 Å². The molecule has 6 heteroatoms. The number of aryl methyl sites for hydroxylation is 1. The number of para-hydroxylation sites is 1. The monoisotopic (exact) mass is 394 g/mol. The number of benzene rings is 1. The third kappa shape index (κ3) is 4.17. The zero-order chi connectivity index (χ0) is 19.8. The Bertz CT molecular complexity index is 881. The van der Waals surface area contributed by atoms with Gasteiger partial charge in [0.2, 0.25) is 5.91 Å². The van der Waals surface area contributed by atoms with E-state index in [9.17, 15) is 4.79 Å². The third-order valence-corrected chi connectivity index (χ3v) is 6.61. The smallest absolute Gasteiger partial charge is 0.220 e. The number of rotatable bonds is 5. The molecule has 3 aliphatic rings. The van der Waals surface area contributed by atoms with Crippen LogP contribution in [0.15, 0.2) is 36.7 Å². The van der Waals surface area contributed by atoms with Gasteiger partial charge in [-0.15, -0.1) is 0 Å². The predicted molar refractivity (Wildman–Crippen MR) is 111 cm³/mol. The molecule has 1 aliphatic carbocycles. The molecule has 0 radical (unpaired) electrons. The number of amides is 1. The van der Waals surface area contributed by atoms with Crippen molar-refractivity contribution in [1.29, 1.82) is 0 Å². The maximum Gasteiger partial charge on any atom is 0.220 e. The van der Waals surface area contributed by atoms with Gasteiger partial charge >= 0.3 is 0 Å². The average Bonchev–Trinajstić information content (AvgIpc) is 3.42. The highest BCUT2D eigenvalue weighted by Crippen LogP contribution is 2.46. The lowest BCUT2D eigenvalue weighted by atomic mass is 9.76. The molecule has 1 spiro atoms. The summed E-state index contributed by atoms with van der Waals surface area (Å²) in [6.45, 7) is 2.96. The largest absolute Gasteiger partial charge is 0.487 e. The Hall–Kier alpha value is -2.34. The SMILES string of the molecule is Cn1cc(CN2CCC3(CC2)CC(CC(=O)NC2CC2)c2ccccc2O3)cn1. The highest BCUT2D eigenvalue weighted by atomic mass is 16.5. The highest BCUT2D eigenvalue weighted by Gasteiger charge is 2.43. The number of aromatic nitrogens is 2. The number of carbonyl (C=O) groups excluding carboxylic acids is 1. The summed E-state index contributed by atoms with van der Waals surface area (Å²) in [5.74, 6) is 1.41. The van der Waals surface area contributed by atoms with Crippen LogP contribution in [-0.2, 0) is 18.4 Å². The number of hydrogen-bond donors (Lipinski definition) is 1. The minimum absolute atomic E-state index is 0.148. The van der Waals surface area contributed by atoms with Crippen molar-refractivity contribution in [1.82, 2.24) is 20.0 Å². The Morgan fingerprint density at radius 3 is 2.79 bits per heavy atom. The number of nitrogens with one attached hydrogen (secondary N) is 1. The lowest BCUT2D eigenvalue weighted by Crippen LogP contribution is -2.50. The molecule has 5 rings (SSSR count). The quantitative estimate of drug-likeness (QED) is 0.847. The fourth-order valence-corrected chi connectivity index (χ4v) is 4.90. The van der Waals surface area contributed by atoms with Crippen LogP contribution < -0.4 is 10.1 Å². The maximum atomic E-state index is 12.5. The standard InChI is InChI=1S/C23H30N4O2/c1-26-15-17(14-24-26)16-27-10-8-23(9-11-27)13-18(12-22(28)25-19-6-7-19)20-4-2-3-5-21(20)29-23/h2-5,14-15,18-19H,6-13,16H2,1H3,(H,25,28). The topological polar surface area (TPSA) is 59.4 Å². The first-order valence-corrected chi connectivity index (χ1v) is 10.9. The number of hydrogen-bond acceptors (Lipinski definition) is 4. The van der Waals surface area contributed by atoms with Gasteiger partial charge in [-0.25, -0.2) is 0 Å². The van der Waals surface area contributed by atoms with Crippen molar-refractivity contribution in [2.24, 2.45) is 7.05 Å². The van der Waals surface area contributed by atoms with Crippen molar-refractivity contribution in [3.05, 3.63) is 47.8 Å².